The third kappa shape index (κ3) is 4.95. The highest BCUT2D eigenvalue weighted by Crippen LogP contribution is 2.47. The molecular formula is C32H27FN2O7. The molecule has 42 heavy (non-hydrogen) atoms. The summed E-state index contributed by atoms with van der Waals surface area (Å²) in [5.41, 5.74) is 0.665. The monoisotopic (exact) mass is 570 g/mol. The zero-order valence-corrected chi connectivity index (χ0v) is 22.3. The quantitative estimate of drug-likeness (QED) is 0.292. The van der Waals surface area contributed by atoms with Crippen LogP contribution in [0.1, 0.15) is 27.4 Å². The highest BCUT2D eigenvalue weighted by molar-refractivity contribution is 5.98. The molecule has 0 radical (unpaired) electrons. The number of hydrogen-bond acceptors (Lipinski definition) is 7. The SMILES string of the molecule is O=C(NCCO)C1=C[C@@H](N(Cc2ccc(F)cc2)C(=O)c2cc3ccccc3oc2=O)[C@H](O)[C@H]2Oc3ccccc3[C@@H]12. The number of nitrogens with one attached hydrogen (secondary N) is 1. The first-order valence-electron chi connectivity index (χ1n) is 13.5. The molecule has 1 aliphatic carbocycles. The first-order chi connectivity index (χ1) is 20.4. The van der Waals surface area contributed by atoms with Gasteiger partial charge >= 0.3 is 5.63 Å². The van der Waals surface area contributed by atoms with E-state index < -0.39 is 47.4 Å². The normalized spacial score (nSPS) is 20.7. The van der Waals surface area contributed by atoms with Crippen LogP contribution in [0.5, 0.6) is 5.75 Å². The number of rotatable bonds is 7. The molecule has 214 valence electrons. The fourth-order valence-electron chi connectivity index (χ4n) is 5.66. The Labute approximate surface area is 239 Å². The number of aliphatic hydroxyl groups excluding tert-OH is 2. The average molecular weight is 571 g/mol. The van der Waals surface area contributed by atoms with Crippen molar-refractivity contribution in [1.82, 2.24) is 10.2 Å². The summed E-state index contributed by atoms with van der Waals surface area (Å²) < 4.78 is 25.3. The molecule has 1 aliphatic heterocycles. The third-order valence-corrected chi connectivity index (χ3v) is 7.64. The van der Waals surface area contributed by atoms with Gasteiger partial charge in [0, 0.05) is 29.6 Å². The van der Waals surface area contributed by atoms with Crippen LogP contribution in [0.15, 0.2) is 99.7 Å². The summed E-state index contributed by atoms with van der Waals surface area (Å²) in [4.78, 5) is 41.8. The lowest BCUT2D eigenvalue weighted by molar-refractivity contribution is -0.118. The highest BCUT2D eigenvalue weighted by atomic mass is 19.1. The van der Waals surface area contributed by atoms with Gasteiger partial charge in [-0.25, -0.2) is 9.18 Å². The molecule has 3 aromatic carbocycles. The van der Waals surface area contributed by atoms with Crippen LogP contribution in [0.3, 0.4) is 0 Å². The van der Waals surface area contributed by atoms with Gasteiger partial charge in [0.2, 0.25) is 5.91 Å². The van der Waals surface area contributed by atoms with Gasteiger partial charge in [0.05, 0.1) is 18.6 Å². The van der Waals surface area contributed by atoms with Crippen molar-refractivity contribution in [1.29, 1.82) is 0 Å². The minimum atomic E-state index is -1.31. The summed E-state index contributed by atoms with van der Waals surface area (Å²) in [6.07, 6.45) is -0.730. The summed E-state index contributed by atoms with van der Waals surface area (Å²) >= 11 is 0. The molecule has 1 aromatic heterocycles. The molecule has 2 aliphatic rings. The van der Waals surface area contributed by atoms with Gasteiger partial charge in [-0.1, -0.05) is 48.5 Å². The average Bonchev–Trinajstić information content (AvgIpc) is 3.40. The third-order valence-electron chi connectivity index (χ3n) is 7.64. The standard InChI is InChI=1S/C32H27FN2O7/c33-20-11-9-18(10-12-20)17-35(31(39)23-15-19-5-1-3-7-25(19)42-32(23)40)24-16-22(30(38)34-13-14-36)27-21-6-2-4-8-26(21)41-29(27)28(24)37/h1-12,15-16,24,27-29,36-37H,13-14,17H2,(H,34,38)/t24-,27+,28+,29+/m1/s1. The Bertz CT molecular complexity index is 1750. The second-order valence-corrected chi connectivity index (χ2v) is 10.2. The molecule has 2 amide bonds. The van der Waals surface area contributed by atoms with Gasteiger partial charge in [-0.2, -0.15) is 0 Å². The van der Waals surface area contributed by atoms with Crippen molar-refractivity contribution in [3.05, 3.63) is 123 Å². The van der Waals surface area contributed by atoms with Gasteiger partial charge in [-0.15, -0.1) is 0 Å². The van der Waals surface area contributed by atoms with E-state index in [0.717, 1.165) is 0 Å². The van der Waals surface area contributed by atoms with E-state index in [1.807, 2.05) is 6.07 Å². The predicted octanol–water partition coefficient (Wildman–Crippen LogP) is 2.90. The van der Waals surface area contributed by atoms with Gasteiger partial charge in [-0.05, 0) is 42.0 Å². The minimum Gasteiger partial charge on any atom is -0.486 e. The fraction of sp³-hybridized carbons (Fsp3) is 0.219. The number of aliphatic hydroxyl groups is 2. The first-order valence-corrected chi connectivity index (χ1v) is 13.5. The number of amides is 2. The van der Waals surface area contributed by atoms with Crippen LogP contribution in [0.2, 0.25) is 0 Å². The minimum absolute atomic E-state index is 0.000353. The molecular weight excluding hydrogens is 543 g/mol. The Morgan fingerprint density at radius 2 is 1.74 bits per heavy atom. The van der Waals surface area contributed by atoms with Crippen LogP contribution in [0.4, 0.5) is 4.39 Å². The van der Waals surface area contributed by atoms with Crippen LogP contribution in [-0.4, -0.2) is 58.3 Å². The van der Waals surface area contributed by atoms with E-state index >= 15 is 0 Å². The summed E-state index contributed by atoms with van der Waals surface area (Å²) in [6, 6.07) is 19.7. The number of para-hydroxylation sites is 2. The van der Waals surface area contributed by atoms with Gasteiger partial charge in [0.25, 0.3) is 5.91 Å². The van der Waals surface area contributed by atoms with Gasteiger partial charge < -0.3 is 29.6 Å². The molecule has 0 bridgehead atoms. The molecule has 9 nitrogen and oxygen atoms in total. The Morgan fingerprint density at radius 1 is 1.00 bits per heavy atom. The Morgan fingerprint density at radius 3 is 2.52 bits per heavy atom. The van der Waals surface area contributed by atoms with E-state index in [9.17, 15) is 29.0 Å². The van der Waals surface area contributed by atoms with Crippen molar-refractivity contribution >= 4 is 22.8 Å². The van der Waals surface area contributed by atoms with E-state index in [1.54, 1.807) is 42.5 Å². The van der Waals surface area contributed by atoms with Crippen molar-refractivity contribution in [2.45, 2.75) is 30.7 Å². The smallest absolute Gasteiger partial charge is 0.349 e. The van der Waals surface area contributed by atoms with Crippen LogP contribution < -0.4 is 15.7 Å². The maximum atomic E-state index is 14.2. The summed E-state index contributed by atoms with van der Waals surface area (Å²) in [5, 5.41) is 24.2. The lowest BCUT2D eigenvalue weighted by Gasteiger charge is -2.40. The van der Waals surface area contributed by atoms with Crippen molar-refractivity contribution in [2.24, 2.45) is 0 Å². The number of nitrogens with zero attached hydrogens (tertiary/aromatic N) is 1. The molecule has 4 atom stereocenters. The van der Waals surface area contributed by atoms with Crippen molar-refractivity contribution < 1.29 is 33.3 Å². The van der Waals surface area contributed by atoms with Crippen molar-refractivity contribution in [3.63, 3.8) is 0 Å². The van der Waals surface area contributed by atoms with E-state index in [4.69, 9.17) is 9.15 Å². The van der Waals surface area contributed by atoms with Gasteiger partial charge in [0.15, 0.2) is 0 Å². The number of benzene rings is 3. The maximum absolute atomic E-state index is 14.2. The second kappa shape index (κ2) is 11.2. The number of ether oxygens (including phenoxy) is 1. The first kappa shape index (κ1) is 27.4. The largest absolute Gasteiger partial charge is 0.486 e. The van der Waals surface area contributed by atoms with E-state index in [-0.39, 0.29) is 30.8 Å². The maximum Gasteiger partial charge on any atom is 0.349 e. The number of fused-ring (bicyclic) bond motifs is 4. The zero-order chi connectivity index (χ0) is 29.4. The van der Waals surface area contributed by atoms with Crippen LogP contribution in [-0.2, 0) is 11.3 Å². The molecule has 0 saturated carbocycles. The summed E-state index contributed by atoms with van der Waals surface area (Å²) in [6.45, 7) is -0.404. The molecule has 6 rings (SSSR count). The van der Waals surface area contributed by atoms with Gasteiger partial charge in [-0.3, -0.25) is 9.59 Å². The number of carbonyl (C=O) groups excluding carboxylic acids is 2. The number of halogens is 1. The lowest BCUT2D eigenvalue weighted by atomic mass is 9.77. The predicted molar refractivity (Wildman–Crippen MR) is 150 cm³/mol. The second-order valence-electron chi connectivity index (χ2n) is 10.2. The molecule has 0 saturated heterocycles. The molecule has 0 unspecified atom stereocenters. The van der Waals surface area contributed by atoms with Crippen molar-refractivity contribution in [3.8, 4) is 5.75 Å². The van der Waals surface area contributed by atoms with Crippen LogP contribution in [0, 0.1) is 5.82 Å². The Hall–Kier alpha value is -4.80. The molecule has 3 N–H and O–H groups in total. The summed E-state index contributed by atoms with van der Waals surface area (Å²) in [5.74, 6) is -1.84. The van der Waals surface area contributed by atoms with Crippen molar-refractivity contribution in [2.75, 3.05) is 13.2 Å². The number of hydrogen-bond donors (Lipinski definition) is 3. The van der Waals surface area contributed by atoms with E-state index in [1.165, 1.54) is 41.3 Å². The topological polar surface area (TPSA) is 129 Å². The zero-order valence-electron chi connectivity index (χ0n) is 22.3. The molecule has 10 heteroatoms. The van der Waals surface area contributed by atoms with Crippen LogP contribution >= 0.6 is 0 Å². The molecule has 0 fully saturated rings. The van der Waals surface area contributed by atoms with E-state index in [2.05, 4.69) is 5.32 Å². The molecule has 2 heterocycles. The molecule has 4 aromatic rings. The van der Waals surface area contributed by atoms with Crippen LogP contribution in [0.25, 0.3) is 11.0 Å². The fourth-order valence-corrected chi connectivity index (χ4v) is 5.66. The lowest BCUT2D eigenvalue weighted by Crippen LogP contribution is -2.55. The number of carbonyl (C=O) groups is 2. The molecule has 0 spiro atoms. The highest BCUT2D eigenvalue weighted by Gasteiger charge is 2.50. The van der Waals surface area contributed by atoms with E-state index in [0.29, 0.717) is 27.8 Å². The van der Waals surface area contributed by atoms with Gasteiger partial charge in [0.1, 0.15) is 34.9 Å². The Balaban J connectivity index is 1.47. The Kier molecular flexibility index (Phi) is 7.32. The summed E-state index contributed by atoms with van der Waals surface area (Å²) in [7, 11) is 0.